The fraction of sp³-hybridized carbons (Fsp3) is 0.400. The lowest BCUT2D eigenvalue weighted by Crippen LogP contribution is -2.38. The lowest BCUT2D eigenvalue weighted by Gasteiger charge is -2.11. The molecule has 0 radical (unpaired) electrons. The number of guanidine groups is 1. The summed E-state index contributed by atoms with van der Waals surface area (Å²) in [7, 11) is 1.79. The predicted molar refractivity (Wildman–Crippen MR) is 84.0 cm³/mol. The molecule has 3 nitrogen and oxygen atoms in total. The van der Waals surface area contributed by atoms with Gasteiger partial charge in [0.15, 0.2) is 5.96 Å². The van der Waals surface area contributed by atoms with Crippen LogP contribution in [0.3, 0.4) is 0 Å². The number of hydrogen-bond donors (Lipinski definition) is 2. The van der Waals surface area contributed by atoms with E-state index < -0.39 is 0 Å². The van der Waals surface area contributed by atoms with Crippen LogP contribution in [-0.4, -0.2) is 26.1 Å². The van der Waals surface area contributed by atoms with E-state index in [1.54, 1.807) is 7.05 Å². The van der Waals surface area contributed by atoms with Crippen molar-refractivity contribution in [1.29, 1.82) is 0 Å². The maximum absolute atomic E-state index is 5.85. The molecule has 0 heterocycles. The van der Waals surface area contributed by atoms with Crippen LogP contribution in [-0.2, 0) is 6.42 Å². The Labute approximate surface area is 120 Å². The molecular weight excluding hydrogens is 258 g/mol. The Bertz CT molecular complexity index is 410. The number of halogens is 1. The van der Waals surface area contributed by atoms with Gasteiger partial charge in [-0.3, -0.25) is 4.99 Å². The molecule has 0 aliphatic carbocycles. The molecule has 0 saturated carbocycles. The molecule has 0 atom stereocenters. The molecule has 19 heavy (non-hydrogen) atoms. The molecule has 0 saturated heterocycles. The summed E-state index contributed by atoms with van der Waals surface area (Å²) in [6, 6.07) is 7.93. The number of nitrogens with zero attached hydrogens (tertiary/aromatic N) is 1. The third-order valence-electron chi connectivity index (χ3n) is 2.68. The number of rotatable bonds is 6. The smallest absolute Gasteiger partial charge is 0.190 e. The second-order valence-electron chi connectivity index (χ2n) is 4.16. The number of allylic oxidation sites excluding steroid dienone is 1. The summed E-state index contributed by atoms with van der Waals surface area (Å²) in [6.45, 7) is 3.77. The minimum atomic E-state index is 0.776. The van der Waals surface area contributed by atoms with Crippen molar-refractivity contribution in [1.82, 2.24) is 10.6 Å². The number of aliphatic imine (C=N–C) groups is 1. The molecule has 0 amide bonds. The second-order valence-corrected chi connectivity index (χ2v) is 4.60. The van der Waals surface area contributed by atoms with Gasteiger partial charge < -0.3 is 10.6 Å². The number of benzene rings is 1. The van der Waals surface area contributed by atoms with Crippen molar-refractivity contribution in [3.8, 4) is 0 Å². The van der Waals surface area contributed by atoms with Crippen molar-refractivity contribution in [2.24, 2.45) is 4.99 Å². The molecule has 0 aliphatic rings. The Morgan fingerprint density at radius 2 is 1.89 bits per heavy atom. The Hall–Kier alpha value is -1.48. The first kappa shape index (κ1) is 15.6. The highest BCUT2D eigenvalue weighted by Crippen LogP contribution is 2.09. The van der Waals surface area contributed by atoms with Crippen LogP contribution in [0.15, 0.2) is 41.4 Å². The van der Waals surface area contributed by atoms with Crippen LogP contribution < -0.4 is 10.6 Å². The summed E-state index contributed by atoms with van der Waals surface area (Å²) in [5, 5.41) is 7.33. The van der Waals surface area contributed by atoms with Gasteiger partial charge in [0.25, 0.3) is 0 Å². The standard InChI is InChI=1S/C15H22ClN3/c1-3-4-5-11-18-15(17-2)19-12-10-13-6-8-14(16)9-7-13/h3-4,6-9H,5,10-12H2,1-2H3,(H2,17,18,19)/b4-3+. The summed E-state index contributed by atoms with van der Waals surface area (Å²) < 4.78 is 0. The van der Waals surface area contributed by atoms with Crippen molar-refractivity contribution >= 4 is 17.6 Å². The molecule has 4 heteroatoms. The van der Waals surface area contributed by atoms with E-state index in [2.05, 4.69) is 27.8 Å². The average Bonchev–Trinajstić information content (AvgIpc) is 2.43. The maximum atomic E-state index is 5.85. The minimum absolute atomic E-state index is 0.776. The normalized spacial score (nSPS) is 11.8. The highest BCUT2D eigenvalue weighted by atomic mass is 35.5. The van der Waals surface area contributed by atoms with E-state index in [-0.39, 0.29) is 0 Å². The van der Waals surface area contributed by atoms with E-state index in [1.165, 1.54) is 5.56 Å². The van der Waals surface area contributed by atoms with Crippen molar-refractivity contribution in [3.63, 3.8) is 0 Å². The van der Waals surface area contributed by atoms with Gasteiger partial charge in [0.2, 0.25) is 0 Å². The van der Waals surface area contributed by atoms with Gasteiger partial charge in [-0.25, -0.2) is 0 Å². The van der Waals surface area contributed by atoms with Gasteiger partial charge in [-0.05, 0) is 37.5 Å². The quantitative estimate of drug-likeness (QED) is 0.363. The molecule has 0 aliphatic heterocycles. The van der Waals surface area contributed by atoms with Gasteiger partial charge in [-0.1, -0.05) is 35.9 Å². The molecule has 0 bridgehead atoms. The summed E-state index contributed by atoms with van der Waals surface area (Å²) >= 11 is 5.85. The molecule has 1 aromatic carbocycles. The first-order valence-electron chi connectivity index (χ1n) is 6.56. The summed E-state index contributed by atoms with van der Waals surface area (Å²) in [4.78, 5) is 4.18. The Morgan fingerprint density at radius 3 is 2.53 bits per heavy atom. The zero-order valence-corrected chi connectivity index (χ0v) is 12.4. The second kappa shape index (κ2) is 9.45. The van der Waals surface area contributed by atoms with Crippen LogP contribution in [0.5, 0.6) is 0 Å². The Balaban J connectivity index is 2.24. The van der Waals surface area contributed by atoms with Crippen molar-refractivity contribution in [2.75, 3.05) is 20.1 Å². The van der Waals surface area contributed by atoms with Crippen LogP contribution in [0.25, 0.3) is 0 Å². The number of hydrogen-bond acceptors (Lipinski definition) is 1. The average molecular weight is 280 g/mol. The van der Waals surface area contributed by atoms with Gasteiger partial charge in [0.05, 0.1) is 0 Å². The van der Waals surface area contributed by atoms with Crippen molar-refractivity contribution < 1.29 is 0 Å². The van der Waals surface area contributed by atoms with Crippen LogP contribution in [0, 0.1) is 0 Å². The van der Waals surface area contributed by atoms with Gasteiger partial charge in [-0.2, -0.15) is 0 Å². The fourth-order valence-corrected chi connectivity index (χ4v) is 1.76. The highest BCUT2D eigenvalue weighted by Gasteiger charge is 1.97. The monoisotopic (exact) mass is 279 g/mol. The SMILES string of the molecule is C/C=C/CCNC(=NC)NCCc1ccc(Cl)cc1. The lowest BCUT2D eigenvalue weighted by molar-refractivity contribution is 0.791. The van der Waals surface area contributed by atoms with Crippen LogP contribution in [0.2, 0.25) is 5.02 Å². The van der Waals surface area contributed by atoms with Crippen LogP contribution in [0.1, 0.15) is 18.9 Å². The van der Waals surface area contributed by atoms with E-state index >= 15 is 0 Å². The molecule has 0 aromatic heterocycles. The third kappa shape index (κ3) is 6.87. The molecule has 1 aromatic rings. The highest BCUT2D eigenvalue weighted by molar-refractivity contribution is 6.30. The van der Waals surface area contributed by atoms with Crippen LogP contribution in [0.4, 0.5) is 0 Å². The zero-order chi connectivity index (χ0) is 13.9. The summed E-state index contributed by atoms with van der Waals surface area (Å²) in [5.74, 6) is 0.846. The first-order valence-corrected chi connectivity index (χ1v) is 6.94. The molecule has 0 spiro atoms. The van der Waals surface area contributed by atoms with E-state index in [9.17, 15) is 0 Å². The van der Waals surface area contributed by atoms with Crippen molar-refractivity contribution in [2.45, 2.75) is 19.8 Å². The summed E-state index contributed by atoms with van der Waals surface area (Å²) in [5.41, 5.74) is 1.27. The predicted octanol–water partition coefficient (Wildman–Crippen LogP) is 3.01. The van der Waals surface area contributed by atoms with Gasteiger partial charge in [0.1, 0.15) is 0 Å². The van der Waals surface area contributed by atoms with Crippen LogP contribution >= 0.6 is 11.6 Å². The first-order chi connectivity index (χ1) is 9.26. The third-order valence-corrected chi connectivity index (χ3v) is 2.93. The zero-order valence-electron chi connectivity index (χ0n) is 11.6. The van der Waals surface area contributed by atoms with Gasteiger partial charge in [0, 0.05) is 25.2 Å². The fourth-order valence-electron chi connectivity index (χ4n) is 1.64. The van der Waals surface area contributed by atoms with E-state index in [0.717, 1.165) is 36.9 Å². The van der Waals surface area contributed by atoms with Gasteiger partial charge in [-0.15, -0.1) is 0 Å². The molecule has 2 N–H and O–H groups in total. The molecule has 1 rings (SSSR count). The lowest BCUT2D eigenvalue weighted by atomic mass is 10.1. The molecular formula is C15H22ClN3. The molecule has 0 fully saturated rings. The minimum Gasteiger partial charge on any atom is -0.356 e. The van der Waals surface area contributed by atoms with E-state index in [0.29, 0.717) is 0 Å². The topological polar surface area (TPSA) is 36.4 Å². The molecule has 0 unspecified atom stereocenters. The molecule has 104 valence electrons. The van der Waals surface area contributed by atoms with E-state index in [4.69, 9.17) is 11.6 Å². The van der Waals surface area contributed by atoms with Crippen molar-refractivity contribution in [3.05, 3.63) is 47.0 Å². The van der Waals surface area contributed by atoms with Gasteiger partial charge >= 0.3 is 0 Å². The van der Waals surface area contributed by atoms with E-state index in [1.807, 2.05) is 31.2 Å². The maximum Gasteiger partial charge on any atom is 0.190 e. The summed E-state index contributed by atoms with van der Waals surface area (Å²) in [6.07, 6.45) is 6.15. The largest absolute Gasteiger partial charge is 0.356 e. The Kier molecular flexibility index (Phi) is 7.75. The Morgan fingerprint density at radius 1 is 1.21 bits per heavy atom. The number of nitrogens with one attached hydrogen (secondary N) is 2.